The lowest BCUT2D eigenvalue weighted by Crippen LogP contribution is -2.20. The van der Waals surface area contributed by atoms with Crippen LogP contribution in [0.2, 0.25) is 0 Å². The Kier molecular flexibility index (Phi) is 10.8. The van der Waals surface area contributed by atoms with Crippen LogP contribution in [0.5, 0.6) is 0 Å². The Balaban J connectivity index is 2.20. The Morgan fingerprint density at radius 2 is 1.86 bits per heavy atom. The minimum atomic E-state index is 0.842. The fourth-order valence-electron chi connectivity index (χ4n) is 2.80. The van der Waals surface area contributed by atoms with Crippen molar-refractivity contribution in [2.45, 2.75) is 65.2 Å². The van der Waals surface area contributed by atoms with E-state index in [1.54, 1.807) is 0 Å². The Morgan fingerprint density at radius 1 is 1.09 bits per heavy atom. The molecule has 126 valence electrons. The average Bonchev–Trinajstić information content (AvgIpc) is 3.03. The maximum Gasteiger partial charge on any atom is 0.0928 e. The summed E-state index contributed by atoms with van der Waals surface area (Å²) in [5.74, 6) is 1.01. The zero-order chi connectivity index (χ0) is 16.0. The molecule has 0 radical (unpaired) electrons. The maximum atomic E-state index is 5.74. The maximum absolute atomic E-state index is 5.74. The van der Waals surface area contributed by atoms with E-state index < -0.39 is 0 Å². The zero-order valence-electron chi connectivity index (χ0n) is 14.8. The summed E-state index contributed by atoms with van der Waals surface area (Å²) in [5, 5.41) is 0. The first kappa shape index (κ1) is 19.0. The molecule has 0 amide bonds. The smallest absolute Gasteiger partial charge is 0.0928 e. The Morgan fingerprint density at radius 3 is 2.55 bits per heavy atom. The summed E-state index contributed by atoms with van der Waals surface area (Å²) in [6, 6.07) is 0. The third-order valence-electron chi connectivity index (χ3n) is 4.26. The van der Waals surface area contributed by atoms with Crippen LogP contribution >= 0.6 is 0 Å². The lowest BCUT2D eigenvalue weighted by atomic mass is 10.1. The summed E-state index contributed by atoms with van der Waals surface area (Å²) in [7, 11) is 0. The average molecular weight is 306 g/mol. The highest BCUT2D eigenvalue weighted by Gasteiger charge is 2.10. The van der Waals surface area contributed by atoms with Gasteiger partial charge in [-0.3, -0.25) is 0 Å². The largest absolute Gasteiger partial charge is 0.498 e. The van der Waals surface area contributed by atoms with Crippen LogP contribution in [0.4, 0.5) is 0 Å². The van der Waals surface area contributed by atoms with Gasteiger partial charge in [-0.15, -0.1) is 0 Å². The molecule has 1 aliphatic rings. The first-order chi connectivity index (χ1) is 10.8. The van der Waals surface area contributed by atoms with Gasteiger partial charge < -0.3 is 9.64 Å². The minimum absolute atomic E-state index is 0.842. The van der Waals surface area contributed by atoms with Crippen molar-refractivity contribution in [3.05, 3.63) is 36.1 Å². The number of hydrogen-bond acceptors (Lipinski definition) is 2. The van der Waals surface area contributed by atoms with E-state index in [0.29, 0.717) is 0 Å². The first-order valence-corrected chi connectivity index (χ1v) is 9.11. The van der Waals surface area contributed by atoms with E-state index in [1.165, 1.54) is 63.7 Å². The zero-order valence-corrected chi connectivity index (χ0v) is 14.8. The van der Waals surface area contributed by atoms with Crippen molar-refractivity contribution >= 4 is 0 Å². The molecule has 0 aromatic carbocycles. The number of hydrogen-bond donors (Lipinski definition) is 0. The number of unbranched alkanes of at least 4 members (excludes halogenated alkanes) is 3. The van der Waals surface area contributed by atoms with E-state index in [-0.39, 0.29) is 0 Å². The van der Waals surface area contributed by atoms with Crippen molar-refractivity contribution < 1.29 is 4.74 Å². The van der Waals surface area contributed by atoms with Gasteiger partial charge in [-0.05, 0) is 70.3 Å². The van der Waals surface area contributed by atoms with E-state index in [9.17, 15) is 0 Å². The summed E-state index contributed by atoms with van der Waals surface area (Å²) in [5.41, 5.74) is 1.31. The molecule has 1 fully saturated rings. The third kappa shape index (κ3) is 9.09. The molecule has 2 heteroatoms. The van der Waals surface area contributed by atoms with Crippen LogP contribution in [0, 0.1) is 0 Å². The Hall–Kier alpha value is -1.02. The van der Waals surface area contributed by atoms with Gasteiger partial charge in [0.1, 0.15) is 0 Å². The molecule has 0 spiro atoms. The summed E-state index contributed by atoms with van der Waals surface area (Å²) < 4.78 is 5.74. The molecule has 2 nitrogen and oxygen atoms in total. The minimum Gasteiger partial charge on any atom is -0.498 e. The topological polar surface area (TPSA) is 12.5 Å². The molecule has 0 N–H and O–H groups in total. The second-order valence-electron chi connectivity index (χ2n) is 6.28. The van der Waals surface area contributed by atoms with Crippen molar-refractivity contribution in [1.82, 2.24) is 4.90 Å². The predicted molar refractivity (Wildman–Crippen MR) is 97.0 cm³/mol. The molecule has 0 unspecified atom stereocenters. The van der Waals surface area contributed by atoms with E-state index in [4.69, 9.17) is 4.74 Å². The van der Waals surface area contributed by atoms with Gasteiger partial charge >= 0.3 is 0 Å². The van der Waals surface area contributed by atoms with Crippen molar-refractivity contribution in [3.8, 4) is 0 Å². The molecule has 0 aromatic rings. The highest BCUT2D eigenvalue weighted by Crippen LogP contribution is 2.12. The van der Waals surface area contributed by atoms with Gasteiger partial charge in [0, 0.05) is 0 Å². The Bertz CT molecular complexity index is 351. The molecule has 0 aromatic heterocycles. The molecule has 22 heavy (non-hydrogen) atoms. The normalized spacial score (nSPS) is 17.0. The number of likely N-dealkylation sites (tertiary alicyclic amines) is 1. The van der Waals surface area contributed by atoms with Gasteiger partial charge in [-0.2, -0.15) is 0 Å². The monoisotopic (exact) mass is 305 g/mol. The summed E-state index contributed by atoms with van der Waals surface area (Å²) >= 11 is 0. The fourth-order valence-corrected chi connectivity index (χ4v) is 2.80. The van der Waals surface area contributed by atoms with E-state index in [2.05, 4.69) is 30.6 Å². The van der Waals surface area contributed by atoms with Crippen molar-refractivity contribution in [3.63, 3.8) is 0 Å². The van der Waals surface area contributed by atoms with Gasteiger partial charge in [-0.1, -0.05) is 44.9 Å². The molecule has 1 heterocycles. The van der Waals surface area contributed by atoms with Gasteiger partial charge in [0.15, 0.2) is 0 Å². The summed E-state index contributed by atoms with van der Waals surface area (Å²) in [6.07, 6.45) is 16.3. The van der Waals surface area contributed by atoms with Crippen molar-refractivity contribution in [1.29, 1.82) is 0 Å². The third-order valence-corrected chi connectivity index (χ3v) is 4.26. The molecule has 0 saturated carbocycles. The van der Waals surface area contributed by atoms with Gasteiger partial charge in [0.25, 0.3) is 0 Å². The summed E-state index contributed by atoms with van der Waals surface area (Å²) in [4.78, 5) is 2.57. The van der Waals surface area contributed by atoms with Gasteiger partial charge in [0.05, 0.1) is 12.4 Å². The fraction of sp³-hybridized carbons (Fsp3) is 0.700. The Labute approximate surface area is 137 Å². The van der Waals surface area contributed by atoms with Crippen LogP contribution in [0.25, 0.3) is 0 Å². The van der Waals surface area contributed by atoms with Crippen molar-refractivity contribution in [2.75, 3.05) is 26.2 Å². The molecule has 1 saturated heterocycles. The second kappa shape index (κ2) is 12.5. The lowest BCUT2D eigenvalue weighted by molar-refractivity contribution is 0.207. The molecule has 1 rings (SSSR count). The van der Waals surface area contributed by atoms with E-state index >= 15 is 0 Å². The lowest BCUT2D eigenvalue weighted by Gasteiger charge is -2.14. The molecule has 0 aliphatic carbocycles. The highest BCUT2D eigenvalue weighted by molar-refractivity contribution is 5.22. The van der Waals surface area contributed by atoms with Gasteiger partial charge in [-0.25, -0.2) is 0 Å². The van der Waals surface area contributed by atoms with Gasteiger partial charge in [0.2, 0.25) is 0 Å². The van der Waals surface area contributed by atoms with Crippen LogP contribution in [0.3, 0.4) is 0 Å². The SMILES string of the molecule is C=C/C(=C\C=C(/C)OCCCCCC)CCCN1CCCC1. The van der Waals surface area contributed by atoms with Crippen LogP contribution in [-0.2, 0) is 4.74 Å². The standard InChI is InChI=1S/C20H35NO/c1-4-6-7-10-18-22-19(3)13-14-20(5-2)12-11-17-21-15-8-9-16-21/h5,13-14H,2,4,6-12,15-18H2,1,3H3/b19-13+,20-14+. The predicted octanol–water partition coefficient (Wildman–Crippen LogP) is 5.48. The molecule has 0 bridgehead atoms. The first-order valence-electron chi connectivity index (χ1n) is 9.11. The number of allylic oxidation sites excluding steroid dienone is 5. The van der Waals surface area contributed by atoms with Crippen LogP contribution in [0.15, 0.2) is 36.1 Å². The van der Waals surface area contributed by atoms with Crippen LogP contribution in [-0.4, -0.2) is 31.1 Å². The van der Waals surface area contributed by atoms with E-state index in [0.717, 1.165) is 25.2 Å². The molecule has 1 aliphatic heterocycles. The number of rotatable bonds is 12. The molecular weight excluding hydrogens is 270 g/mol. The van der Waals surface area contributed by atoms with E-state index in [1.807, 2.05) is 13.0 Å². The quantitative estimate of drug-likeness (QED) is 0.269. The van der Waals surface area contributed by atoms with Crippen LogP contribution < -0.4 is 0 Å². The number of nitrogens with zero attached hydrogens (tertiary/aromatic N) is 1. The molecular formula is C20H35NO. The second-order valence-corrected chi connectivity index (χ2v) is 6.28. The number of ether oxygens (including phenoxy) is 1. The molecule has 0 atom stereocenters. The van der Waals surface area contributed by atoms with Crippen LogP contribution in [0.1, 0.15) is 65.2 Å². The summed E-state index contributed by atoms with van der Waals surface area (Å²) in [6.45, 7) is 12.9. The highest BCUT2D eigenvalue weighted by atomic mass is 16.5. The van der Waals surface area contributed by atoms with Crippen molar-refractivity contribution in [2.24, 2.45) is 0 Å².